The monoisotopic (exact) mass is 487 g/mol. The number of rotatable bonds is 7. The number of nitrogens with one attached hydrogen (secondary N) is 2. The zero-order valence-electron chi connectivity index (χ0n) is 16.6. The fraction of sp³-hybridized carbons (Fsp3) is 0.500. The highest BCUT2D eigenvalue weighted by Gasteiger charge is 2.24. The molecule has 9 heteroatoms. The van der Waals surface area contributed by atoms with E-state index in [4.69, 9.17) is 0 Å². The Morgan fingerprint density at radius 2 is 2.11 bits per heavy atom. The van der Waals surface area contributed by atoms with E-state index in [9.17, 15) is 5.11 Å². The van der Waals surface area contributed by atoms with Gasteiger partial charge in [0.05, 0.1) is 19.3 Å². The van der Waals surface area contributed by atoms with Crippen LogP contribution < -0.4 is 15.5 Å². The zero-order chi connectivity index (χ0) is 19.2. The SMILES string of the molecule is CCNC(=NCc1ccnc(N(C)C)c1)NCC(C)(O)c1cnn(C)c1.I. The van der Waals surface area contributed by atoms with Crippen molar-refractivity contribution in [3.8, 4) is 0 Å². The first-order chi connectivity index (χ1) is 12.3. The van der Waals surface area contributed by atoms with Gasteiger partial charge in [-0.3, -0.25) is 4.68 Å². The standard InChI is InChI=1S/C18H29N7O.HI/c1-6-19-17(21-10-14-7-8-20-16(9-14)24(3)4)22-13-18(2,26)15-11-23-25(5)12-15;/h7-9,11-12,26H,6,10,13H2,1-5H3,(H2,19,21,22);1H. The number of aromatic nitrogens is 3. The molecule has 0 amide bonds. The first-order valence-electron chi connectivity index (χ1n) is 8.67. The van der Waals surface area contributed by atoms with Gasteiger partial charge in [0, 0.05) is 45.6 Å². The summed E-state index contributed by atoms with van der Waals surface area (Å²) in [5, 5.41) is 21.2. The third-order valence-electron chi connectivity index (χ3n) is 3.96. The van der Waals surface area contributed by atoms with Crippen LogP contribution in [0.1, 0.15) is 25.0 Å². The van der Waals surface area contributed by atoms with Crippen molar-refractivity contribution < 1.29 is 5.11 Å². The second-order valence-corrected chi connectivity index (χ2v) is 6.64. The van der Waals surface area contributed by atoms with Gasteiger partial charge in [-0.15, -0.1) is 24.0 Å². The Morgan fingerprint density at radius 3 is 2.70 bits per heavy atom. The van der Waals surface area contributed by atoms with Crippen molar-refractivity contribution >= 4 is 35.8 Å². The minimum Gasteiger partial charge on any atom is -0.383 e. The third kappa shape index (κ3) is 6.98. The quantitative estimate of drug-likeness (QED) is 0.311. The summed E-state index contributed by atoms with van der Waals surface area (Å²) < 4.78 is 1.68. The zero-order valence-corrected chi connectivity index (χ0v) is 18.9. The van der Waals surface area contributed by atoms with Gasteiger partial charge < -0.3 is 20.6 Å². The van der Waals surface area contributed by atoms with Gasteiger partial charge in [0.1, 0.15) is 11.4 Å². The van der Waals surface area contributed by atoms with Gasteiger partial charge in [0.25, 0.3) is 0 Å². The molecule has 0 aliphatic rings. The van der Waals surface area contributed by atoms with Gasteiger partial charge in [-0.05, 0) is 31.5 Å². The van der Waals surface area contributed by atoms with Crippen LogP contribution in [0, 0.1) is 0 Å². The molecule has 0 radical (unpaired) electrons. The number of aliphatic imine (C=N–C) groups is 1. The molecule has 0 aliphatic heterocycles. The molecule has 27 heavy (non-hydrogen) atoms. The van der Waals surface area contributed by atoms with Crippen LogP contribution in [-0.4, -0.2) is 53.0 Å². The van der Waals surface area contributed by atoms with Gasteiger partial charge >= 0.3 is 0 Å². The Kier molecular flexibility index (Phi) is 8.97. The highest BCUT2D eigenvalue weighted by atomic mass is 127. The number of hydrogen-bond acceptors (Lipinski definition) is 5. The van der Waals surface area contributed by atoms with Gasteiger partial charge in [-0.1, -0.05) is 0 Å². The number of guanidine groups is 1. The van der Waals surface area contributed by atoms with Crippen LogP contribution in [0.25, 0.3) is 0 Å². The highest BCUT2D eigenvalue weighted by Crippen LogP contribution is 2.18. The topological polar surface area (TPSA) is 90.6 Å². The Balaban J connectivity index is 0.00000364. The summed E-state index contributed by atoms with van der Waals surface area (Å²) in [6, 6.07) is 3.96. The van der Waals surface area contributed by atoms with Gasteiger partial charge in [-0.25, -0.2) is 9.98 Å². The molecule has 0 saturated heterocycles. The molecule has 8 nitrogen and oxygen atoms in total. The van der Waals surface area contributed by atoms with Crippen LogP contribution in [0.5, 0.6) is 0 Å². The summed E-state index contributed by atoms with van der Waals surface area (Å²) in [7, 11) is 5.75. The Morgan fingerprint density at radius 1 is 1.37 bits per heavy atom. The molecular weight excluding hydrogens is 457 g/mol. The number of aliphatic hydroxyl groups is 1. The van der Waals surface area contributed by atoms with Crippen molar-refractivity contribution in [2.24, 2.45) is 12.0 Å². The molecule has 2 aromatic heterocycles. The number of aryl methyl sites for hydroxylation is 1. The number of nitrogens with zero attached hydrogens (tertiary/aromatic N) is 5. The third-order valence-corrected chi connectivity index (χ3v) is 3.96. The van der Waals surface area contributed by atoms with Crippen molar-refractivity contribution in [3.63, 3.8) is 0 Å². The molecule has 0 saturated carbocycles. The molecule has 0 fully saturated rings. The molecule has 0 spiro atoms. The van der Waals surface area contributed by atoms with Crippen LogP contribution in [-0.2, 0) is 19.2 Å². The van der Waals surface area contributed by atoms with E-state index in [-0.39, 0.29) is 24.0 Å². The molecule has 2 rings (SSSR count). The minimum absolute atomic E-state index is 0. The van der Waals surface area contributed by atoms with Crippen molar-refractivity contribution in [1.82, 2.24) is 25.4 Å². The van der Waals surface area contributed by atoms with Crippen molar-refractivity contribution in [2.75, 3.05) is 32.1 Å². The molecule has 3 N–H and O–H groups in total. The minimum atomic E-state index is -1.04. The summed E-state index contributed by atoms with van der Waals surface area (Å²) in [5.41, 5.74) is 0.784. The lowest BCUT2D eigenvalue weighted by Gasteiger charge is -2.23. The van der Waals surface area contributed by atoms with Crippen molar-refractivity contribution in [3.05, 3.63) is 41.9 Å². The summed E-state index contributed by atoms with van der Waals surface area (Å²) in [5.74, 6) is 1.55. The average Bonchev–Trinajstić information content (AvgIpc) is 3.05. The van der Waals surface area contributed by atoms with Crippen molar-refractivity contribution in [1.29, 1.82) is 0 Å². The lowest BCUT2D eigenvalue weighted by Crippen LogP contribution is -2.44. The van der Waals surface area contributed by atoms with Gasteiger partial charge in [0.15, 0.2) is 5.96 Å². The Bertz CT molecular complexity index is 743. The normalized spacial score (nSPS) is 13.5. The fourth-order valence-electron chi connectivity index (χ4n) is 2.37. The van der Waals surface area contributed by atoms with E-state index in [0.29, 0.717) is 19.0 Å². The smallest absolute Gasteiger partial charge is 0.191 e. The van der Waals surface area contributed by atoms with E-state index >= 15 is 0 Å². The first-order valence-corrected chi connectivity index (χ1v) is 8.67. The second kappa shape index (κ2) is 10.5. The van der Waals surface area contributed by atoms with Gasteiger partial charge in [0.2, 0.25) is 0 Å². The van der Waals surface area contributed by atoms with Crippen LogP contribution in [0.2, 0.25) is 0 Å². The number of halogens is 1. The van der Waals surface area contributed by atoms with E-state index in [1.165, 1.54) is 0 Å². The molecular formula is C18H30IN7O. The van der Waals surface area contributed by atoms with Crippen LogP contribution in [0.3, 0.4) is 0 Å². The number of pyridine rings is 1. The summed E-state index contributed by atoms with van der Waals surface area (Å²) in [4.78, 5) is 10.9. The molecule has 2 heterocycles. The number of anilines is 1. The maximum atomic E-state index is 10.7. The van der Waals surface area contributed by atoms with E-state index < -0.39 is 5.60 Å². The maximum Gasteiger partial charge on any atom is 0.191 e. The molecule has 2 aromatic rings. The van der Waals surface area contributed by atoms with Crippen LogP contribution in [0.4, 0.5) is 5.82 Å². The van der Waals surface area contributed by atoms with E-state index in [1.807, 2.05) is 51.3 Å². The molecule has 0 aliphatic carbocycles. The van der Waals surface area contributed by atoms with Gasteiger partial charge in [-0.2, -0.15) is 5.10 Å². The van der Waals surface area contributed by atoms with E-state index in [0.717, 1.165) is 23.5 Å². The molecule has 0 bridgehead atoms. The molecule has 0 aromatic carbocycles. The van der Waals surface area contributed by atoms with E-state index in [1.54, 1.807) is 24.0 Å². The largest absolute Gasteiger partial charge is 0.383 e. The Labute approximate surface area is 178 Å². The predicted molar refractivity (Wildman–Crippen MR) is 120 cm³/mol. The lowest BCUT2D eigenvalue weighted by molar-refractivity contribution is 0.0616. The fourth-order valence-corrected chi connectivity index (χ4v) is 2.37. The first kappa shape index (κ1) is 23.2. The predicted octanol–water partition coefficient (Wildman–Crippen LogP) is 1.46. The highest BCUT2D eigenvalue weighted by molar-refractivity contribution is 14.0. The average molecular weight is 487 g/mol. The summed E-state index contributed by atoms with van der Waals surface area (Å²) in [6.45, 7) is 5.34. The van der Waals surface area contributed by atoms with Crippen molar-refractivity contribution in [2.45, 2.75) is 26.0 Å². The summed E-state index contributed by atoms with van der Waals surface area (Å²) in [6.07, 6.45) is 5.27. The second-order valence-electron chi connectivity index (χ2n) is 6.64. The molecule has 1 atom stereocenters. The molecule has 150 valence electrons. The van der Waals surface area contributed by atoms with Crippen LogP contribution in [0.15, 0.2) is 35.7 Å². The van der Waals surface area contributed by atoms with E-state index in [2.05, 4.69) is 25.7 Å². The lowest BCUT2D eigenvalue weighted by atomic mass is 10.00. The number of hydrogen-bond donors (Lipinski definition) is 3. The van der Waals surface area contributed by atoms with Crippen LogP contribution >= 0.6 is 24.0 Å². The Hall–Kier alpha value is -1.88. The summed E-state index contributed by atoms with van der Waals surface area (Å²) >= 11 is 0. The maximum absolute atomic E-state index is 10.7. The molecule has 1 unspecified atom stereocenters.